The molecule has 1 atom stereocenters. The van der Waals surface area contributed by atoms with Gasteiger partial charge in [0.05, 0.1) is 23.2 Å². The number of imidazole rings is 1. The second kappa shape index (κ2) is 7.15. The molecule has 0 fully saturated rings. The summed E-state index contributed by atoms with van der Waals surface area (Å²) in [5.74, 6) is -0.421. The number of hydrogen-bond acceptors (Lipinski definition) is 6. The van der Waals surface area contributed by atoms with E-state index in [2.05, 4.69) is 25.3 Å². The number of rotatable bonds is 2. The molecule has 5 rings (SSSR count). The highest BCUT2D eigenvalue weighted by molar-refractivity contribution is 5.90. The molecule has 12 heteroatoms. The molecular weight excluding hydrogens is 439 g/mol. The number of fused-ring (bicyclic) bond motifs is 2. The molecule has 1 N–H and O–H groups in total. The minimum Gasteiger partial charge on any atom is -0.416 e. The molecule has 0 unspecified atom stereocenters. The van der Waals surface area contributed by atoms with Gasteiger partial charge in [0.15, 0.2) is 0 Å². The van der Waals surface area contributed by atoms with Crippen molar-refractivity contribution in [2.24, 2.45) is 0 Å². The third-order valence-electron chi connectivity index (χ3n) is 5.51. The van der Waals surface area contributed by atoms with Gasteiger partial charge in [0.2, 0.25) is 5.89 Å². The number of amides is 1. The summed E-state index contributed by atoms with van der Waals surface area (Å²) in [5.41, 5.74) is 0.457. The van der Waals surface area contributed by atoms with Crippen molar-refractivity contribution in [2.75, 3.05) is 6.54 Å². The highest BCUT2D eigenvalue weighted by Crippen LogP contribution is 2.36. The standard InChI is InChI=1S/C21H20F3N7O2/c1-20(2,3)19-28-27-17(33-19)18(32)30-8-7-12-15(26-10-25-12)16(30)13-9-11-5-4-6-14(21(22,23)24)31(11)29-13/h4-6,9-10,16H,7-8H2,1-3H3,(H,25,26)/t16-/m1/s1. The Hall–Kier alpha value is -3.70. The lowest BCUT2D eigenvalue weighted by Crippen LogP contribution is -2.41. The second-order valence-electron chi connectivity index (χ2n) is 8.89. The van der Waals surface area contributed by atoms with Gasteiger partial charge in [-0.3, -0.25) is 4.79 Å². The summed E-state index contributed by atoms with van der Waals surface area (Å²) in [6, 6.07) is 4.51. The van der Waals surface area contributed by atoms with Crippen LogP contribution in [0.3, 0.4) is 0 Å². The molecule has 0 aromatic carbocycles. The number of nitrogens with one attached hydrogen (secondary N) is 1. The van der Waals surface area contributed by atoms with Gasteiger partial charge >= 0.3 is 18.0 Å². The fourth-order valence-electron chi connectivity index (χ4n) is 3.91. The molecule has 4 aromatic rings. The summed E-state index contributed by atoms with van der Waals surface area (Å²) in [4.78, 5) is 22.2. The maximum Gasteiger partial charge on any atom is 0.433 e. The monoisotopic (exact) mass is 459 g/mol. The molecule has 5 heterocycles. The predicted octanol–water partition coefficient (Wildman–Crippen LogP) is 3.54. The predicted molar refractivity (Wildman–Crippen MR) is 108 cm³/mol. The lowest BCUT2D eigenvalue weighted by atomic mass is 9.97. The topological polar surface area (TPSA) is 105 Å². The van der Waals surface area contributed by atoms with Crippen LogP contribution in [0.1, 0.15) is 66.2 Å². The minimum atomic E-state index is -4.59. The van der Waals surface area contributed by atoms with Crippen LogP contribution < -0.4 is 0 Å². The summed E-state index contributed by atoms with van der Waals surface area (Å²) in [5, 5.41) is 12.1. The molecule has 0 radical (unpaired) electrons. The van der Waals surface area contributed by atoms with Crippen LogP contribution in [0.4, 0.5) is 13.2 Å². The highest BCUT2D eigenvalue weighted by atomic mass is 19.4. The molecule has 9 nitrogen and oxygen atoms in total. The molecule has 0 spiro atoms. The van der Waals surface area contributed by atoms with Crippen LogP contribution in [0.5, 0.6) is 0 Å². The van der Waals surface area contributed by atoms with Gasteiger partial charge in [-0.15, -0.1) is 10.2 Å². The Morgan fingerprint density at radius 1 is 1.21 bits per heavy atom. The van der Waals surface area contributed by atoms with Gasteiger partial charge < -0.3 is 14.3 Å². The van der Waals surface area contributed by atoms with Gasteiger partial charge in [-0.2, -0.15) is 18.3 Å². The van der Waals surface area contributed by atoms with Gasteiger partial charge in [0.1, 0.15) is 11.7 Å². The van der Waals surface area contributed by atoms with Crippen molar-refractivity contribution in [3.63, 3.8) is 0 Å². The zero-order valence-corrected chi connectivity index (χ0v) is 18.0. The number of halogens is 3. The first-order valence-electron chi connectivity index (χ1n) is 10.3. The molecule has 172 valence electrons. The largest absolute Gasteiger partial charge is 0.433 e. The van der Waals surface area contributed by atoms with E-state index in [1.165, 1.54) is 29.4 Å². The van der Waals surface area contributed by atoms with Crippen LogP contribution in [0, 0.1) is 0 Å². The van der Waals surface area contributed by atoms with Crippen molar-refractivity contribution < 1.29 is 22.4 Å². The van der Waals surface area contributed by atoms with Crippen molar-refractivity contribution in [2.45, 2.75) is 44.8 Å². The van der Waals surface area contributed by atoms with E-state index in [1.54, 1.807) is 0 Å². The quantitative estimate of drug-likeness (QED) is 0.492. The Balaban J connectivity index is 1.61. The van der Waals surface area contributed by atoms with Crippen molar-refractivity contribution in [1.29, 1.82) is 0 Å². The van der Waals surface area contributed by atoms with Gasteiger partial charge in [0.25, 0.3) is 0 Å². The number of aromatic amines is 1. The molecule has 0 saturated carbocycles. The molecule has 0 saturated heterocycles. The lowest BCUT2D eigenvalue weighted by Gasteiger charge is -2.32. The van der Waals surface area contributed by atoms with Crippen molar-refractivity contribution >= 4 is 11.4 Å². The Morgan fingerprint density at radius 3 is 2.70 bits per heavy atom. The molecular formula is C21H20F3N7O2. The van der Waals surface area contributed by atoms with Gasteiger partial charge in [0, 0.05) is 24.1 Å². The van der Waals surface area contributed by atoms with Gasteiger partial charge in [-0.25, -0.2) is 9.50 Å². The van der Waals surface area contributed by atoms with Crippen molar-refractivity contribution in [1.82, 2.24) is 34.7 Å². The number of hydrogen-bond donors (Lipinski definition) is 1. The number of carbonyl (C=O) groups is 1. The first-order valence-corrected chi connectivity index (χ1v) is 10.3. The first-order chi connectivity index (χ1) is 15.5. The van der Waals surface area contributed by atoms with E-state index in [0.717, 1.165) is 16.3 Å². The molecule has 0 bridgehead atoms. The summed E-state index contributed by atoms with van der Waals surface area (Å²) < 4.78 is 47.0. The third-order valence-corrected chi connectivity index (χ3v) is 5.51. The number of H-pyrrole nitrogens is 1. The average molecular weight is 459 g/mol. The summed E-state index contributed by atoms with van der Waals surface area (Å²) >= 11 is 0. The molecule has 4 aromatic heterocycles. The Bertz CT molecular complexity index is 1350. The zero-order valence-electron chi connectivity index (χ0n) is 18.0. The lowest BCUT2D eigenvalue weighted by molar-refractivity contribution is -0.142. The maximum atomic E-state index is 13.5. The van der Waals surface area contributed by atoms with E-state index in [9.17, 15) is 18.0 Å². The summed E-state index contributed by atoms with van der Waals surface area (Å²) in [7, 11) is 0. The Labute approximate surface area is 185 Å². The average Bonchev–Trinajstić information content (AvgIpc) is 3.49. The van der Waals surface area contributed by atoms with E-state index >= 15 is 0 Å². The van der Waals surface area contributed by atoms with Crippen LogP contribution in [0.2, 0.25) is 0 Å². The number of aromatic nitrogens is 6. The minimum absolute atomic E-state index is 0.191. The van der Waals surface area contributed by atoms with E-state index in [-0.39, 0.29) is 23.6 Å². The summed E-state index contributed by atoms with van der Waals surface area (Å²) in [6.07, 6.45) is -2.61. The van der Waals surface area contributed by atoms with E-state index in [1.807, 2.05) is 20.8 Å². The van der Waals surface area contributed by atoms with Crippen LogP contribution >= 0.6 is 0 Å². The highest BCUT2D eigenvalue weighted by Gasteiger charge is 2.40. The van der Waals surface area contributed by atoms with Crippen molar-refractivity contribution in [3.05, 3.63) is 65.1 Å². The fraction of sp³-hybridized carbons (Fsp3) is 0.381. The Kier molecular flexibility index (Phi) is 4.59. The Morgan fingerprint density at radius 2 is 2.00 bits per heavy atom. The zero-order chi connectivity index (χ0) is 23.5. The third kappa shape index (κ3) is 3.55. The molecule has 0 aliphatic carbocycles. The first kappa shape index (κ1) is 21.2. The molecule has 1 aliphatic heterocycles. The van der Waals surface area contributed by atoms with Crippen LogP contribution in [-0.2, 0) is 18.0 Å². The van der Waals surface area contributed by atoms with Gasteiger partial charge in [-0.05, 0) is 18.2 Å². The van der Waals surface area contributed by atoms with E-state index in [0.29, 0.717) is 18.0 Å². The number of nitrogens with zero attached hydrogens (tertiary/aromatic N) is 6. The van der Waals surface area contributed by atoms with Crippen LogP contribution in [0.25, 0.3) is 5.52 Å². The second-order valence-corrected chi connectivity index (χ2v) is 8.89. The molecule has 33 heavy (non-hydrogen) atoms. The SMILES string of the molecule is CC(C)(C)c1nnc(C(=O)N2CCc3[nH]cnc3[C@H]2c2cc3cccc(C(F)(F)F)n3n2)o1. The molecule has 1 amide bonds. The van der Waals surface area contributed by atoms with Gasteiger partial charge in [-0.1, -0.05) is 26.8 Å². The summed E-state index contributed by atoms with van der Waals surface area (Å²) in [6.45, 7) is 5.90. The van der Waals surface area contributed by atoms with Crippen LogP contribution in [-0.4, -0.2) is 47.1 Å². The number of carbonyl (C=O) groups excluding carboxylic acids is 1. The van der Waals surface area contributed by atoms with Crippen LogP contribution in [0.15, 0.2) is 35.0 Å². The maximum absolute atomic E-state index is 13.5. The molecule has 1 aliphatic rings. The number of alkyl halides is 3. The normalized spacial score (nSPS) is 16.9. The van der Waals surface area contributed by atoms with E-state index in [4.69, 9.17) is 4.42 Å². The number of pyridine rings is 1. The van der Waals surface area contributed by atoms with E-state index < -0.39 is 29.2 Å². The van der Waals surface area contributed by atoms with Crippen molar-refractivity contribution in [3.8, 4) is 0 Å². The smallest absolute Gasteiger partial charge is 0.416 e. The fourth-order valence-corrected chi connectivity index (χ4v) is 3.91.